The minimum absolute atomic E-state index is 0.131. The van der Waals surface area contributed by atoms with E-state index in [0.717, 1.165) is 6.42 Å². The van der Waals surface area contributed by atoms with Gasteiger partial charge in [0, 0.05) is 6.42 Å². The molecule has 5 heteroatoms. The molecular weight excluding hydrogens is 186 g/mol. The highest BCUT2D eigenvalue weighted by atomic mass is 16.7. The molecule has 1 saturated heterocycles. The largest absolute Gasteiger partial charge is 0.466 e. The van der Waals surface area contributed by atoms with Crippen LogP contribution in [-0.4, -0.2) is 36.7 Å². The number of rotatable bonds is 4. The number of hydrogen-bond acceptors (Lipinski definition) is 4. The molecule has 1 fully saturated rings. The van der Waals surface area contributed by atoms with Crippen LogP contribution >= 0.6 is 0 Å². The maximum absolute atomic E-state index is 11.3. The zero-order valence-corrected chi connectivity index (χ0v) is 8.32. The molecule has 0 bridgehead atoms. The lowest BCUT2D eigenvalue weighted by Crippen LogP contribution is -2.26. The summed E-state index contributed by atoms with van der Waals surface area (Å²) in [6.45, 7) is 3.31. The van der Waals surface area contributed by atoms with E-state index in [1.165, 1.54) is 5.06 Å². The number of carbonyl (C=O) groups is 2. The van der Waals surface area contributed by atoms with E-state index in [2.05, 4.69) is 0 Å². The van der Waals surface area contributed by atoms with Crippen LogP contribution in [0.5, 0.6) is 0 Å². The Hall–Kier alpha value is -1.10. The van der Waals surface area contributed by atoms with Crippen LogP contribution in [-0.2, 0) is 19.2 Å². The topological polar surface area (TPSA) is 55.8 Å². The zero-order chi connectivity index (χ0) is 10.4. The lowest BCUT2D eigenvalue weighted by molar-refractivity contribution is -0.170. The fourth-order valence-corrected chi connectivity index (χ4v) is 1.21. The molecule has 0 unspecified atom stereocenters. The summed E-state index contributed by atoms with van der Waals surface area (Å²) in [6, 6.07) is 0. The molecule has 0 aromatic heterocycles. The predicted octanol–water partition coefficient (Wildman–Crippen LogP) is 0.494. The van der Waals surface area contributed by atoms with Gasteiger partial charge in [-0.05, 0) is 13.3 Å². The van der Waals surface area contributed by atoms with E-state index in [1.807, 2.05) is 0 Å². The van der Waals surface area contributed by atoms with Crippen molar-refractivity contribution in [3.63, 3.8) is 0 Å². The minimum atomic E-state index is -0.333. The molecule has 80 valence electrons. The highest BCUT2D eigenvalue weighted by Gasteiger charge is 2.19. The van der Waals surface area contributed by atoms with Crippen LogP contribution in [0.3, 0.4) is 0 Å². The number of hydroxylamine groups is 2. The van der Waals surface area contributed by atoms with Crippen LogP contribution in [0.15, 0.2) is 0 Å². The standard InChI is InChI=1S/C9H15NO4/c1-2-13-9(12)5-4-8(11)10-6-3-7-14-10/h2-7H2,1H3. The second kappa shape index (κ2) is 5.59. The number of nitrogens with zero attached hydrogens (tertiary/aromatic N) is 1. The molecule has 0 saturated carbocycles. The fraction of sp³-hybridized carbons (Fsp3) is 0.778. The van der Waals surface area contributed by atoms with E-state index in [-0.39, 0.29) is 24.7 Å². The third-order valence-corrected chi connectivity index (χ3v) is 1.88. The van der Waals surface area contributed by atoms with E-state index < -0.39 is 0 Å². The molecule has 0 aliphatic carbocycles. The van der Waals surface area contributed by atoms with Gasteiger partial charge in [0.15, 0.2) is 0 Å². The first kappa shape index (κ1) is 11.0. The van der Waals surface area contributed by atoms with Gasteiger partial charge < -0.3 is 4.74 Å². The molecule has 1 amide bonds. The zero-order valence-electron chi connectivity index (χ0n) is 8.32. The van der Waals surface area contributed by atoms with Gasteiger partial charge in [0.2, 0.25) is 5.91 Å². The van der Waals surface area contributed by atoms with E-state index in [1.54, 1.807) is 6.92 Å². The first-order valence-corrected chi connectivity index (χ1v) is 4.83. The molecule has 0 spiro atoms. The summed E-state index contributed by atoms with van der Waals surface area (Å²) in [5.41, 5.74) is 0. The normalized spacial score (nSPS) is 15.6. The molecule has 1 rings (SSSR count). The average molecular weight is 201 g/mol. The van der Waals surface area contributed by atoms with Gasteiger partial charge in [0.25, 0.3) is 0 Å². The summed E-state index contributed by atoms with van der Waals surface area (Å²) < 4.78 is 4.70. The number of amides is 1. The molecular formula is C9H15NO4. The Bertz CT molecular complexity index is 211. The van der Waals surface area contributed by atoms with E-state index >= 15 is 0 Å². The van der Waals surface area contributed by atoms with Crippen molar-refractivity contribution in [1.29, 1.82) is 0 Å². The Labute approximate surface area is 82.9 Å². The van der Waals surface area contributed by atoms with Crippen molar-refractivity contribution in [2.75, 3.05) is 19.8 Å². The third kappa shape index (κ3) is 3.33. The monoisotopic (exact) mass is 201 g/mol. The molecule has 0 radical (unpaired) electrons. The molecule has 1 aliphatic heterocycles. The third-order valence-electron chi connectivity index (χ3n) is 1.88. The van der Waals surface area contributed by atoms with Gasteiger partial charge in [-0.2, -0.15) is 0 Å². The second-order valence-electron chi connectivity index (χ2n) is 2.99. The van der Waals surface area contributed by atoms with Gasteiger partial charge in [-0.15, -0.1) is 0 Å². The van der Waals surface area contributed by atoms with Gasteiger partial charge in [0.05, 0.1) is 26.2 Å². The van der Waals surface area contributed by atoms with Gasteiger partial charge >= 0.3 is 5.97 Å². The summed E-state index contributed by atoms with van der Waals surface area (Å²) in [7, 11) is 0. The minimum Gasteiger partial charge on any atom is -0.466 e. The van der Waals surface area contributed by atoms with E-state index in [9.17, 15) is 9.59 Å². The van der Waals surface area contributed by atoms with Crippen molar-refractivity contribution in [2.45, 2.75) is 26.2 Å². The quantitative estimate of drug-likeness (QED) is 0.621. The number of hydrogen-bond donors (Lipinski definition) is 0. The second-order valence-corrected chi connectivity index (χ2v) is 2.99. The Morgan fingerprint density at radius 3 is 2.79 bits per heavy atom. The Balaban J connectivity index is 2.17. The maximum atomic E-state index is 11.3. The summed E-state index contributed by atoms with van der Waals surface area (Å²) >= 11 is 0. The van der Waals surface area contributed by atoms with Crippen molar-refractivity contribution in [3.05, 3.63) is 0 Å². The molecule has 1 heterocycles. The molecule has 5 nitrogen and oxygen atoms in total. The van der Waals surface area contributed by atoms with Crippen molar-refractivity contribution in [3.8, 4) is 0 Å². The van der Waals surface area contributed by atoms with Gasteiger partial charge in [-0.1, -0.05) is 0 Å². The summed E-state index contributed by atoms with van der Waals surface area (Å²) in [6.07, 6.45) is 1.16. The molecule has 0 aromatic carbocycles. The fourth-order valence-electron chi connectivity index (χ4n) is 1.21. The molecule has 0 aromatic rings. The summed E-state index contributed by atoms with van der Waals surface area (Å²) in [5, 5.41) is 1.32. The molecule has 14 heavy (non-hydrogen) atoms. The van der Waals surface area contributed by atoms with Gasteiger partial charge in [0.1, 0.15) is 0 Å². The van der Waals surface area contributed by atoms with Crippen molar-refractivity contribution < 1.29 is 19.2 Å². The molecule has 0 N–H and O–H groups in total. The van der Waals surface area contributed by atoms with Crippen LogP contribution in [0, 0.1) is 0 Å². The maximum Gasteiger partial charge on any atom is 0.306 e. The number of ether oxygens (including phenoxy) is 1. The highest BCUT2D eigenvalue weighted by molar-refractivity contribution is 5.80. The summed E-state index contributed by atoms with van der Waals surface area (Å²) in [5.74, 6) is -0.476. The average Bonchev–Trinajstić information content (AvgIpc) is 2.67. The van der Waals surface area contributed by atoms with Crippen molar-refractivity contribution in [2.24, 2.45) is 0 Å². The first-order chi connectivity index (χ1) is 6.74. The van der Waals surface area contributed by atoms with Crippen LogP contribution < -0.4 is 0 Å². The van der Waals surface area contributed by atoms with E-state index in [4.69, 9.17) is 9.57 Å². The van der Waals surface area contributed by atoms with Gasteiger partial charge in [-0.3, -0.25) is 14.4 Å². The van der Waals surface area contributed by atoms with E-state index in [0.29, 0.717) is 19.8 Å². The number of carbonyl (C=O) groups excluding carboxylic acids is 2. The lowest BCUT2D eigenvalue weighted by atomic mass is 10.3. The summed E-state index contributed by atoms with van der Waals surface area (Å²) in [4.78, 5) is 27.3. The first-order valence-electron chi connectivity index (χ1n) is 4.83. The van der Waals surface area contributed by atoms with Crippen LogP contribution in [0.1, 0.15) is 26.2 Å². The Morgan fingerprint density at radius 1 is 1.43 bits per heavy atom. The molecule has 0 atom stereocenters. The Morgan fingerprint density at radius 2 is 2.21 bits per heavy atom. The van der Waals surface area contributed by atoms with Crippen molar-refractivity contribution >= 4 is 11.9 Å². The van der Waals surface area contributed by atoms with Crippen LogP contribution in [0.25, 0.3) is 0 Å². The van der Waals surface area contributed by atoms with Crippen LogP contribution in [0.4, 0.5) is 0 Å². The highest BCUT2D eigenvalue weighted by Crippen LogP contribution is 2.07. The lowest BCUT2D eigenvalue weighted by Gasteiger charge is -2.12. The van der Waals surface area contributed by atoms with Crippen molar-refractivity contribution in [1.82, 2.24) is 5.06 Å². The predicted molar refractivity (Wildman–Crippen MR) is 48.1 cm³/mol. The van der Waals surface area contributed by atoms with Gasteiger partial charge in [-0.25, -0.2) is 5.06 Å². The van der Waals surface area contributed by atoms with Crippen LogP contribution in [0.2, 0.25) is 0 Å². The number of esters is 1. The SMILES string of the molecule is CCOC(=O)CCC(=O)N1CCCO1. The smallest absolute Gasteiger partial charge is 0.306 e. The Kier molecular flexibility index (Phi) is 4.39. The molecule has 1 aliphatic rings.